The largest absolute Gasteiger partial charge is 0.484 e. The van der Waals surface area contributed by atoms with Gasteiger partial charge in [-0.2, -0.15) is 0 Å². The molecule has 0 aliphatic heterocycles. The van der Waals surface area contributed by atoms with Crippen molar-refractivity contribution in [3.63, 3.8) is 0 Å². The van der Waals surface area contributed by atoms with E-state index in [1.807, 2.05) is 38.1 Å². The Hall–Kier alpha value is -3.26. The van der Waals surface area contributed by atoms with Crippen LogP contribution in [0.5, 0.6) is 5.75 Å². The van der Waals surface area contributed by atoms with Crippen LogP contribution in [0.3, 0.4) is 0 Å². The van der Waals surface area contributed by atoms with Gasteiger partial charge in [-0.25, -0.2) is 4.98 Å². The van der Waals surface area contributed by atoms with E-state index in [1.165, 1.54) is 41.2 Å². The van der Waals surface area contributed by atoms with Crippen LogP contribution in [-0.2, 0) is 4.79 Å². The number of carbonyl (C=O) groups excluding carboxylic acids is 1. The normalized spacial score (nSPS) is 10.4. The molecule has 8 heteroatoms. The molecule has 7 nitrogen and oxygen atoms in total. The van der Waals surface area contributed by atoms with E-state index < -0.39 is 4.92 Å². The van der Waals surface area contributed by atoms with Gasteiger partial charge < -0.3 is 4.74 Å². The summed E-state index contributed by atoms with van der Waals surface area (Å²) in [4.78, 5) is 27.7. The Morgan fingerprint density at radius 1 is 1.15 bits per heavy atom. The predicted octanol–water partition coefficient (Wildman–Crippen LogP) is 4.35. The smallest absolute Gasteiger partial charge is 0.269 e. The lowest BCUT2D eigenvalue weighted by molar-refractivity contribution is -0.384. The zero-order valence-corrected chi connectivity index (χ0v) is 15.6. The Kier molecular flexibility index (Phi) is 5.46. The summed E-state index contributed by atoms with van der Waals surface area (Å²) in [6, 6.07) is 13.6. The standard InChI is InChI=1S/C19H17N3O4S/c1-12-3-5-14(6-4-12)18-13(2)27-19(21-18)20-17(23)11-26-16-9-7-15(8-10-16)22(24)25/h3-10H,11H2,1-2H3,(H,20,21,23). The number of benzene rings is 2. The van der Waals surface area contributed by atoms with E-state index in [0.717, 1.165) is 16.1 Å². The Morgan fingerprint density at radius 3 is 2.44 bits per heavy atom. The van der Waals surface area contributed by atoms with Crippen molar-refractivity contribution in [2.75, 3.05) is 11.9 Å². The molecule has 1 amide bonds. The first kappa shape index (κ1) is 18.5. The van der Waals surface area contributed by atoms with Crippen LogP contribution in [0, 0.1) is 24.0 Å². The van der Waals surface area contributed by atoms with Gasteiger partial charge in [0.1, 0.15) is 5.75 Å². The Balaban J connectivity index is 1.60. The number of nitrogens with one attached hydrogen (secondary N) is 1. The fourth-order valence-corrected chi connectivity index (χ4v) is 3.25. The summed E-state index contributed by atoms with van der Waals surface area (Å²) in [5.74, 6) is 0.0315. The second-order valence-electron chi connectivity index (χ2n) is 5.88. The third kappa shape index (κ3) is 4.68. The summed E-state index contributed by atoms with van der Waals surface area (Å²) in [5, 5.41) is 13.8. The number of carbonyl (C=O) groups is 1. The average molecular weight is 383 g/mol. The monoisotopic (exact) mass is 383 g/mol. The number of nitrogens with zero attached hydrogens (tertiary/aromatic N) is 2. The third-order valence-electron chi connectivity index (χ3n) is 3.79. The topological polar surface area (TPSA) is 94.4 Å². The van der Waals surface area contributed by atoms with Gasteiger partial charge in [0.2, 0.25) is 0 Å². The van der Waals surface area contributed by atoms with E-state index in [0.29, 0.717) is 10.9 Å². The van der Waals surface area contributed by atoms with Crippen LogP contribution < -0.4 is 10.1 Å². The summed E-state index contributed by atoms with van der Waals surface area (Å²) in [6.07, 6.45) is 0. The van der Waals surface area contributed by atoms with Crippen LogP contribution in [0.2, 0.25) is 0 Å². The van der Waals surface area contributed by atoms with Crippen LogP contribution >= 0.6 is 11.3 Å². The molecule has 2 aromatic carbocycles. The molecule has 0 atom stereocenters. The Bertz CT molecular complexity index is 966. The molecular weight excluding hydrogens is 366 g/mol. The number of rotatable bonds is 6. The first-order valence-electron chi connectivity index (χ1n) is 8.14. The third-order valence-corrected chi connectivity index (χ3v) is 4.67. The highest BCUT2D eigenvalue weighted by molar-refractivity contribution is 7.16. The summed E-state index contributed by atoms with van der Waals surface area (Å²) >= 11 is 1.39. The molecule has 1 N–H and O–H groups in total. The van der Waals surface area contributed by atoms with Crippen molar-refractivity contribution in [2.24, 2.45) is 0 Å². The van der Waals surface area contributed by atoms with Gasteiger partial charge in [0.15, 0.2) is 11.7 Å². The quantitative estimate of drug-likeness (QED) is 0.504. The fraction of sp³-hybridized carbons (Fsp3) is 0.158. The van der Waals surface area contributed by atoms with Gasteiger partial charge in [0, 0.05) is 22.6 Å². The first-order chi connectivity index (χ1) is 12.9. The van der Waals surface area contributed by atoms with Crippen molar-refractivity contribution in [3.05, 3.63) is 69.1 Å². The summed E-state index contributed by atoms with van der Waals surface area (Å²) < 4.78 is 5.35. The first-order valence-corrected chi connectivity index (χ1v) is 8.95. The van der Waals surface area contributed by atoms with Gasteiger partial charge in [0.05, 0.1) is 10.6 Å². The molecule has 0 fully saturated rings. The lowest BCUT2D eigenvalue weighted by Crippen LogP contribution is -2.20. The fourth-order valence-electron chi connectivity index (χ4n) is 2.40. The van der Waals surface area contributed by atoms with Crippen molar-refractivity contribution in [1.82, 2.24) is 4.98 Å². The van der Waals surface area contributed by atoms with Gasteiger partial charge in [-0.1, -0.05) is 29.8 Å². The second-order valence-corrected chi connectivity index (χ2v) is 7.08. The molecule has 0 bridgehead atoms. The van der Waals surface area contributed by atoms with E-state index in [4.69, 9.17) is 4.74 Å². The number of nitro groups is 1. The van der Waals surface area contributed by atoms with Gasteiger partial charge >= 0.3 is 0 Å². The van der Waals surface area contributed by atoms with E-state index >= 15 is 0 Å². The maximum Gasteiger partial charge on any atom is 0.269 e. The van der Waals surface area contributed by atoms with Crippen LogP contribution in [0.4, 0.5) is 10.8 Å². The van der Waals surface area contributed by atoms with Crippen LogP contribution in [-0.4, -0.2) is 22.4 Å². The van der Waals surface area contributed by atoms with Crippen LogP contribution in [0.25, 0.3) is 11.3 Å². The molecule has 0 aliphatic rings. The molecular formula is C19H17N3O4S. The second kappa shape index (κ2) is 7.96. The molecule has 0 spiro atoms. The lowest BCUT2D eigenvalue weighted by Gasteiger charge is -2.05. The minimum atomic E-state index is -0.493. The number of non-ortho nitro benzene ring substituents is 1. The molecule has 138 valence electrons. The number of thiazole rings is 1. The van der Waals surface area contributed by atoms with E-state index in [2.05, 4.69) is 10.3 Å². The molecule has 0 saturated heterocycles. The molecule has 27 heavy (non-hydrogen) atoms. The minimum Gasteiger partial charge on any atom is -0.484 e. The van der Waals surface area contributed by atoms with Gasteiger partial charge in [0.25, 0.3) is 11.6 Å². The highest BCUT2D eigenvalue weighted by Gasteiger charge is 2.13. The van der Waals surface area contributed by atoms with Crippen molar-refractivity contribution < 1.29 is 14.5 Å². The Labute approximate surface area is 159 Å². The zero-order valence-electron chi connectivity index (χ0n) is 14.8. The van der Waals surface area contributed by atoms with E-state index in [9.17, 15) is 14.9 Å². The number of hydrogen-bond acceptors (Lipinski definition) is 6. The summed E-state index contributed by atoms with van der Waals surface area (Å²) in [7, 11) is 0. The predicted molar refractivity (Wildman–Crippen MR) is 104 cm³/mol. The SMILES string of the molecule is Cc1ccc(-c2nc(NC(=O)COc3ccc([N+](=O)[O-])cc3)sc2C)cc1. The molecule has 0 aliphatic carbocycles. The maximum atomic E-state index is 12.1. The highest BCUT2D eigenvalue weighted by Crippen LogP contribution is 2.30. The van der Waals surface area contributed by atoms with E-state index in [-0.39, 0.29) is 18.2 Å². The number of anilines is 1. The van der Waals surface area contributed by atoms with Crippen LogP contribution in [0.15, 0.2) is 48.5 Å². The molecule has 0 unspecified atom stereocenters. The number of hydrogen-bond donors (Lipinski definition) is 1. The highest BCUT2D eigenvalue weighted by atomic mass is 32.1. The van der Waals surface area contributed by atoms with Crippen LogP contribution in [0.1, 0.15) is 10.4 Å². The number of aromatic nitrogens is 1. The number of nitro benzene ring substituents is 1. The van der Waals surface area contributed by atoms with Gasteiger partial charge in [-0.15, -0.1) is 11.3 Å². The van der Waals surface area contributed by atoms with E-state index in [1.54, 1.807) is 0 Å². The van der Waals surface area contributed by atoms with Gasteiger partial charge in [-0.3, -0.25) is 20.2 Å². The minimum absolute atomic E-state index is 0.0336. The Morgan fingerprint density at radius 2 is 1.81 bits per heavy atom. The van der Waals surface area contributed by atoms with Crippen molar-refractivity contribution in [2.45, 2.75) is 13.8 Å². The number of ether oxygens (including phenoxy) is 1. The summed E-state index contributed by atoms with van der Waals surface area (Å²) in [5.41, 5.74) is 2.97. The molecule has 3 aromatic rings. The molecule has 0 saturated carbocycles. The summed E-state index contributed by atoms with van der Waals surface area (Å²) in [6.45, 7) is 3.76. The molecule has 1 heterocycles. The van der Waals surface area contributed by atoms with Crippen molar-refractivity contribution in [3.8, 4) is 17.0 Å². The molecule has 1 aromatic heterocycles. The number of aryl methyl sites for hydroxylation is 2. The molecule has 0 radical (unpaired) electrons. The maximum absolute atomic E-state index is 12.1. The van der Waals surface area contributed by atoms with Gasteiger partial charge in [-0.05, 0) is 26.0 Å². The van der Waals surface area contributed by atoms with Crippen molar-refractivity contribution in [1.29, 1.82) is 0 Å². The molecule has 3 rings (SSSR count). The number of amides is 1. The lowest BCUT2D eigenvalue weighted by atomic mass is 10.1. The zero-order chi connectivity index (χ0) is 19.4. The van der Waals surface area contributed by atoms with Crippen molar-refractivity contribution >= 4 is 28.1 Å². The average Bonchev–Trinajstić information content (AvgIpc) is 3.01.